The highest BCUT2D eigenvalue weighted by Gasteiger charge is 2.17. The molecule has 0 rings (SSSR count). The molecule has 6 nitrogen and oxygen atoms in total. The van der Waals surface area contributed by atoms with Crippen molar-refractivity contribution in [3.05, 3.63) is 34.5 Å². The van der Waals surface area contributed by atoms with Gasteiger partial charge in [-0.3, -0.25) is 10.2 Å². The number of nitrogens with zero attached hydrogens (tertiary/aromatic N) is 1. The molecule has 0 saturated carbocycles. The molecule has 0 spiro atoms. The van der Waals surface area contributed by atoms with E-state index in [0.717, 1.165) is 22.9 Å². The molecule has 0 aromatic rings. The van der Waals surface area contributed by atoms with E-state index in [0.29, 0.717) is 25.1 Å². The number of nitrogens with one attached hydrogen (secondary N) is 1. The molecule has 7 heteroatoms. The summed E-state index contributed by atoms with van der Waals surface area (Å²) in [6.45, 7) is 10.2. The van der Waals surface area contributed by atoms with Crippen molar-refractivity contribution in [1.29, 1.82) is 0 Å². The first-order chi connectivity index (χ1) is 12.3. The van der Waals surface area contributed by atoms with E-state index in [-0.39, 0.29) is 18.9 Å². The Hall–Kier alpha value is -1.76. The number of ether oxygens (including phenoxy) is 2. The Labute approximate surface area is 165 Å². The number of halogens is 1. The second-order valence-electron chi connectivity index (χ2n) is 5.76. The van der Waals surface area contributed by atoms with Gasteiger partial charge in [-0.2, -0.15) is 0 Å². The van der Waals surface area contributed by atoms with Gasteiger partial charge < -0.3 is 9.47 Å². The fourth-order valence-corrected chi connectivity index (χ4v) is 2.53. The number of hydrogen-bond acceptors (Lipinski definition) is 4. The lowest BCUT2D eigenvalue weighted by Gasteiger charge is -2.22. The maximum Gasteiger partial charge on any atom is 0.428 e. The summed E-state index contributed by atoms with van der Waals surface area (Å²) in [6.07, 6.45) is 6.32. The summed E-state index contributed by atoms with van der Waals surface area (Å²) in [5, 5.41) is 1.23. The monoisotopic (exact) mass is 430 g/mol. The van der Waals surface area contributed by atoms with E-state index in [2.05, 4.69) is 27.9 Å². The van der Waals surface area contributed by atoms with Crippen LogP contribution in [-0.2, 0) is 14.3 Å². The predicted octanol–water partition coefficient (Wildman–Crippen LogP) is 4.83. The second-order valence-corrected chi connectivity index (χ2v) is 6.77. The molecular formula is C19H31BrN2O4. The molecule has 0 aliphatic rings. The number of allylic oxidation sites excluding steroid dienone is 5. The van der Waals surface area contributed by atoms with Crippen LogP contribution in [0.1, 0.15) is 52.9 Å². The summed E-state index contributed by atoms with van der Waals surface area (Å²) in [6, 6.07) is 0. The van der Waals surface area contributed by atoms with Gasteiger partial charge in [-0.1, -0.05) is 41.4 Å². The molecule has 0 fully saturated rings. The number of amides is 2. The predicted molar refractivity (Wildman–Crippen MR) is 108 cm³/mol. The van der Waals surface area contributed by atoms with Crippen molar-refractivity contribution in [3.63, 3.8) is 0 Å². The number of carbonyl (C=O) groups excluding carboxylic acids is 2. The number of methoxy groups -OCH3 is 1. The molecule has 0 aliphatic heterocycles. The van der Waals surface area contributed by atoms with Gasteiger partial charge in [0.2, 0.25) is 5.91 Å². The zero-order chi connectivity index (χ0) is 19.9. The van der Waals surface area contributed by atoms with E-state index < -0.39 is 6.09 Å². The lowest BCUT2D eigenvalue weighted by molar-refractivity contribution is -0.125. The molecule has 0 unspecified atom stereocenters. The molecule has 0 heterocycles. The van der Waals surface area contributed by atoms with Crippen LogP contribution in [-0.4, -0.2) is 37.3 Å². The lowest BCUT2D eigenvalue weighted by Crippen LogP contribution is -2.46. The summed E-state index contributed by atoms with van der Waals surface area (Å²) in [4.78, 5) is 24.0. The average Bonchev–Trinajstić information content (AvgIpc) is 2.58. The van der Waals surface area contributed by atoms with Gasteiger partial charge >= 0.3 is 6.09 Å². The van der Waals surface area contributed by atoms with Crippen LogP contribution in [0.25, 0.3) is 0 Å². The van der Waals surface area contributed by atoms with Crippen LogP contribution in [0, 0.1) is 0 Å². The highest BCUT2D eigenvalue weighted by Crippen LogP contribution is 2.16. The molecule has 0 aromatic heterocycles. The van der Waals surface area contributed by atoms with Crippen LogP contribution in [0.5, 0.6) is 0 Å². The lowest BCUT2D eigenvalue weighted by atomic mass is 10.2. The maximum absolute atomic E-state index is 12.2. The molecule has 148 valence electrons. The Morgan fingerprint density at radius 3 is 2.50 bits per heavy atom. The van der Waals surface area contributed by atoms with Crippen molar-refractivity contribution in [2.24, 2.45) is 0 Å². The molecular weight excluding hydrogens is 400 g/mol. The Morgan fingerprint density at radius 2 is 1.96 bits per heavy atom. The average molecular weight is 431 g/mol. The van der Waals surface area contributed by atoms with Crippen LogP contribution in [0.15, 0.2) is 34.5 Å². The summed E-state index contributed by atoms with van der Waals surface area (Å²) in [5.41, 5.74) is 3.57. The smallest absolute Gasteiger partial charge is 0.428 e. The second kappa shape index (κ2) is 14.4. The van der Waals surface area contributed by atoms with Gasteiger partial charge in [0.05, 0.1) is 19.5 Å². The van der Waals surface area contributed by atoms with Crippen molar-refractivity contribution >= 4 is 27.9 Å². The molecule has 0 aliphatic carbocycles. The van der Waals surface area contributed by atoms with Crippen LogP contribution in [0.3, 0.4) is 0 Å². The zero-order valence-corrected chi connectivity index (χ0v) is 17.9. The molecule has 0 atom stereocenters. The Bertz CT molecular complexity index is 530. The van der Waals surface area contributed by atoms with Crippen molar-refractivity contribution in [2.45, 2.75) is 52.9 Å². The molecule has 1 N–H and O–H groups in total. The van der Waals surface area contributed by atoms with Crippen LogP contribution in [0.2, 0.25) is 0 Å². The largest absolute Gasteiger partial charge is 0.501 e. The molecule has 0 aromatic carbocycles. The molecule has 0 bridgehead atoms. The van der Waals surface area contributed by atoms with Gasteiger partial charge in [0, 0.05) is 25.8 Å². The number of carbonyl (C=O) groups is 2. The van der Waals surface area contributed by atoms with Gasteiger partial charge in [0.1, 0.15) is 0 Å². The third-order valence-corrected chi connectivity index (χ3v) is 3.82. The van der Waals surface area contributed by atoms with E-state index in [1.807, 2.05) is 26.0 Å². The van der Waals surface area contributed by atoms with E-state index in [1.165, 1.54) is 5.01 Å². The fourth-order valence-electron chi connectivity index (χ4n) is 1.98. The van der Waals surface area contributed by atoms with Gasteiger partial charge in [-0.25, -0.2) is 9.80 Å². The first-order valence-electron chi connectivity index (χ1n) is 8.82. The van der Waals surface area contributed by atoms with Gasteiger partial charge in [-0.05, 0) is 36.9 Å². The van der Waals surface area contributed by atoms with Crippen LogP contribution < -0.4 is 5.43 Å². The SMILES string of the molecule is C=C(C)/C=C(/Br)C/C=C(\CCC(=O)NN(CCCC)C(=O)OCC)OC. The minimum Gasteiger partial charge on any atom is -0.501 e. The number of hydrazine groups is 1. The number of rotatable bonds is 11. The van der Waals surface area contributed by atoms with E-state index in [4.69, 9.17) is 9.47 Å². The van der Waals surface area contributed by atoms with Crippen LogP contribution >= 0.6 is 15.9 Å². The minimum atomic E-state index is -0.536. The summed E-state index contributed by atoms with van der Waals surface area (Å²) in [7, 11) is 1.58. The Balaban J connectivity index is 4.61. The normalized spacial score (nSPS) is 11.7. The van der Waals surface area contributed by atoms with Crippen molar-refractivity contribution < 1.29 is 19.1 Å². The van der Waals surface area contributed by atoms with Crippen LogP contribution in [0.4, 0.5) is 4.79 Å². The summed E-state index contributed by atoms with van der Waals surface area (Å²) >= 11 is 3.47. The minimum absolute atomic E-state index is 0.212. The highest BCUT2D eigenvalue weighted by molar-refractivity contribution is 9.11. The third-order valence-electron chi connectivity index (χ3n) is 3.27. The van der Waals surface area contributed by atoms with Gasteiger partial charge in [-0.15, -0.1) is 0 Å². The maximum atomic E-state index is 12.2. The van der Waals surface area contributed by atoms with E-state index in [1.54, 1.807) is 14.0 Å². The number of unbranched alkanes of at least 4 members (excludes halogenated alkanes) is 1. The van der Waals surface area contributed by atoms with Crippen molar-refractivity contribution in [3.8, 4) is 0 Å². The highest BCUT2D eigenvalue weighted by atomic mass is 79.9. The van der Waals surface area contributed by atoms with Gasteiger partial charge in [0.25, 0.3) is 0 Å². The summed E-state index contributed by atoms with van der Waals surface area (Å²) in [5.74, 6) is 0.456. The first-order valence-corrected chi connectivity index (χ1v) is 9.61. The molecule has 0 saturated heterocycles. The fraction of sp³-hybridized carbons (Fsp3) is 0.579. The Kier molecular flexibility index (Phi) is 13.4. The van der Waals surface area contributed by atoms with Gasteiger partial charge in [0.15, 0.2) is 0 Å². The zero-order valence-electron chi connectivity index (χ0n) is 16.3. The molecule has 0 radical (unpaired) electrons. The molecule has 2 amide bonds. The summed E-state index contributed by atoms with van der Waals surface area (Å²) < 4.78 is 11.3. The van der Waals surface area contributed by atoms with Crippen molar-refractivity contribution in [1.82, 2.24) is 10.4 Å². The quantitative estimate of drug-likeness (QED) is 0.289. The van der Waals surface area contributed by atoms with E-state index in [9.17, 15) is 9.59 Å². The topological polar surface area (TPSA) is 67.9 Å². The number of hydrogen-bond donors (Lipinski definition) is 1. The van der Waals surface area contributed by atoms with E-state index >= 15 is 0 Å². The third kappa shape index (κ3) is 11.7. The molecule has 26 heavy (non-hydrogen) atoms. The first kappa shape index (κ1) is 24.2. The van der Waals surface area contributed by atoms with Crippen molar-refractivity contribution in [2.75, 3.05) is 20.3 Å². The standard InChI is InChI=1S/C19H31BrN2O4/c1-6-8-13-22(19(24)26-7-2)21-18(23)12-11-17(25-5)10-9-16(20)14-15(3)4/h10,14H,3,6-9,11-13H2,1-2,4-5H3,(H,21,23)/b16-14+,17-10+. The Morgan fingerprint density at radius 1 is 1.27 bits per heavy atom.